The molecule has 0 aromatic heterocycles. The molecule has 1 unspecified atom stereocenters. The van der Waals surface area contributed by atoms with Crippen molar-refractivity contribution in [3.63, 3.8) is 0 Å². The van der Waals surface area contributed by atoms with E-state index in [1.807, 2.05) is 96.8 Å². The SMILES string of the molecule is CCOC(=O)C1=C(C(=O)OCC)N(CC)C(c2ccccc2)C(c2ccccc2)(c2ccccc2)C=C1c1ccccc1. The van der Waals surface area contributed by atoms with Crippen molar-refractivity contribution in [3.8, 4) is 0 Å². The van der Waals surface area contributed by atoms with Gasteiger partial charge in [0, 0.05) is 6.54 Å². The fourth-order valence-corrected chi connectivity index (χ4v) is 6.19. The van der Waals surface area contributed by atoms with Crippen LogP contribution in [0.5, 0.6) is 0 Å². The molecule has 0 N–H and O–H groups in total. The minimum atomic E-state index is -0.850. The van der Waals surface area contributed by atoms with Crippen LogP contribution in [0.4, 0.5) is 0 Å². The van der Waals surface area contributed by atoms with Crippen molar-refractivity contribution < 1.29 is 19.1 Å². The lowest BCUT2D eigenvalue weighted by Gasteiger charge is -2.46. The van der Waals surface area contributed by atoms with Crippen molar-refractivity contribution in [3.05, 3.63) is 161 Å². The van der Waals surface area contributed by atoms with Crippen LogP contribution in [0.15, 0.2) is 139 Å². The Labute approximate surface area is 254 Å². The molecule has 1 aliphatic rings. The third-order valence-corrected chi connectivity index (χ3v) is 7.90. The molecule has 1 aliphatic heterocycles. The summed E-state index contributed by atoms with van der Waals surface area (Å²) >= 11 is 0. The van der Waals surface area contributed by atoms with Crippen LogP contribution in [0.2, 0.25) is 0 Å². The maximum atomic E-state index is 14.1. The van der Waals surface area contributed by atoms with Gasteiger partial charge in [-0.3, -0.25) is 0 Å². The number of benzene rings is 4. The second-order valence-corrected chi connectivity index (χ2v) is 10.3. The van der Waals surface area contributed by atoms with Crippen molar-refractivity contribution in [2.24, 2.45) is 0 Å². The second-order valence-electron chi connectivity index (χ2n) is 10.3. The van der Waals surface area contributed by atoms with Gasteiger partial charge >= 0.3 is 11.9 Å². The summed E-state index contributed by atoms with van der Waals surface area (Å²) in [6, 6.07) is 40.1. The lowest BCUT2D eigenvalue weighted by molar-refractivity contribution is -0.143. The Morgan fingerprint density at radius 1 is 0.651 bits per heavy atom. The number of likely N-dealkylation sites (N-methyl/N-ethyl adjacent to an activating group) is 1. The van der Waals surface area contributed by atoms with E-state index in [0.717, 1.165) is 22.3 Å². The van der Waals surface area contributed by atoms with Gasteiger partial charge in [-0.15, -0.1) is 0 Å². The lowest BCUT2D eigenvalue weighted by atomic mass is 9.65. The summed E-state index contributed by atoms with van der Waals surface area (Å²) in [5, 5.41) is 0. The number of nitrogens with zero attached hydrogens (tertiary/aromatic N) is 1. The van der Waals surface area contributed by atoms with Crippen LogP contribution >= 0.6 is 0 Å². The van der Waals surface area contributed by atoms with Gasteiger partial charge in [0.1, 0.15) is 5.70 Å². The smallest absolute Gasteiger partial charge is 0.355 e. The minimum absolute atomic E-state index is 0.164. The molecular weight excluding hydrogens is 534 g/mol. The van der Waals surface area contributed by atoms with Crippen molar-refractivity contribution in [2.45, 2.75) is 32.2 Å². The molecule has 0 saturated heterocycles. The van der Waals surface area contributed by atoms with Gasteiger partial charge in [-0.25, -0.2) is 9.59 Å². The average molecular weight is 572 g/mol. The maximum Gasteiger partial charge on any atom is 0.355 e. The summed E-state index contributed by atoms with van der Waals surface area (Å²) < 4.78 is 11.4. The predicted molar refractivity (Wildman–Crippen MR) is 170 cm³/mol. The van der Waals surface area contributed by atoms with Gasteiger partial charge in [-0.1, -0.05) is 127 Å². The molecule has 5 rings (SSSR count). The van der Waals surface area contributed by atoms with Crippen LogP contribution in [0.3, 0.4) is 0 Å². The zero-order chi connectivity index (χ0) is 30.2. The highest BCUT2D eigenvalue weighted by Crippen LogP contribution is 2.53. The van der Waals surface area contributed by atoms with E-state index in [4.69, 9.17) is 9.47 Å². The molecule has 0 spiro atoms. The van der Waals surface area contributed by atoms with Gasteiger partial charge in [0.2, 0.25) is 0 Å². The van der Waals surface area contributed by atoms with Gasteiger partial charge < -0.3 is 14.4 Å². The van der Waals surface area contributed by atoms with Crippen LogP contribution in [-0.4, -0.2) is 36.6 Å². The summed E-state index contributed by atoms with van der Waals surface area (Å²) in [5.74, 6) is -1.13. The Morgan fingerprint density at radius 2 is 1.12 bits per heavy atom. The fourth-order valence-electron chi connectivity index (χ4n) is 6.19. The van der Waals surface area contributed by atoms with E-state index in [0.29, 0.717) is 12.1 Å². The van der Waals surface area contributed by atoms with Crippen LogP contribution < -0.4 is 0 Å². The Bertz CT molecular complexity index is 1560. The summed E-state index contributed by atoms with van der Waals surface area (Å²) in [7, 11) is 0. The molecule has 4 aromatic rings. The molecule has 1 atom stereocenters. The van der Waals surface area contributed by atoms with Crippen LogP contribution in [-0.2, 0) is 24.5 Å². The van der Waals surface area contributed by atoms with Crippen molar-refractivity contribution in [1.82, 2.24) is 4.90 Å². The standard InChI is InChI=1S/C38H37NO4/c1-4-39-34(37(41)43-6-3)33(36(40)42-5-2)32(28-19-11-7-12-20-28)27-38(30-23-15-9-16-24-30,31-25-17-10-18-26-31)35(39)29-21-13-8-14-22-29/h7-27,35H,4-6H2,1-3H3. The molecule has 218 valence electrons. The number of esters is 2. The first kappa shape index (κ1) is 29.6. The largest absolute Gasteiger partial charge is 0.462 e. The van der Waals surface area contributed by atoms with Crippen LogP contribution in [0.1, 0.15) is 49.1 Å². The quantitative estimate of drug-likeness (QED) is 0.195. The van der Waals surface area contributed by atoms with Crippen LogP contribution in [0, 0.1) is 0 Å². The lowest BCUT2D eigenvalue weighted by Crippen LogP contribution is -2.44. The van der Waals surface area contributed by atoms with Crippen molar-refractivity contribution in [2.75, 3.05) is 19.8 Å². The van der Waals surface area contributed by atoms with Gasteiger partial charge in [0.15, 0.2) is 0 Å². The molecule has 0 saturated carbocycles. The molecular formula is C38H37NO4. The van der Waals surface area contributed by atoms with E-state index in [1.165, 1.54) is 0 Å². The highest BCUT2D eigenvalue weighted by molar-refractivity contribution is 6.13. The number of ether oxygens (including phenoxy) is 2. The van der Waals surface area contributed by atoms with E-state index in [2.05, 4.69) is 42.5 Å². The number of hydrogen-bond acceptors (Lipinski definition) is 5. The summed E-state index contributed by atoms with van der Waals surface area (Å²) in [6.45, 7) is 6.31. The Hall–Kier alpha value is -4.90. The normalized spacial score (nSPS) is 16.2. The third-order valence-electron chi connectivity index (χ3n) is 7.90. The molecule has 5 nitrogen and oxygen atoms in total. The molecule has 0 amide bonds. The number of carbonyl (C=O) groups is 2. The third kappa shape index (κ3) is 5.63. The van der Waals surface area contributed by atoms with E-state index < -0.39 is 23.4 Å². The van der Waals surface area contributed by atoms with Crippen molar-refractivity contribution in [1.29, 1.82) is 0 Å². The number of rotatable bonds is 9. The molecule has 1 heterocycles. The highest BCUT2D eigenvalue weighted by Gasteiger charge is 2.50. The minimum Gasteiger partial charge on any atom is -0.462 e. The highest BCUT2D eigenvalue weighted by atomic mass is 16.5. The van der Waals surface area contributed by atoms with Gasteiger partial charge in [-0.05, 0) is 48.6 Å². The average Bonchev–Trinajstić information content (AvgIpc) is 3.20. The maximum absolute atomic E-state index is 14.1. The Balaban J connectivity index is 2.03. The summed E-state index contributed by atoms with van der Waals surface area (Å²) in [6.07, 6.45) is 2.17. The van der Waals surface area contributed by atoms with E-state index in [1.54, 1.807) is 13.8 Å². The molecule has 0 bridgehead atoms. The Morgan fingerprint density at radius 3 is 1.60 bits per heavy atom. The molecule has 0 radical (unpaired) electrons. The summed E-state index contributed by atoms with van der Waals surface area (Å²) in [4.78, 5) is 30.2. The number of hydrogen-bond donors (Lipinski definition) is 0. The molecule has 43 heavy (non-hydrogen) atoms. The zero-order valence-electron chi connectivity index (χ0n) is 24.9. The second kappa shape index (κ2) is 13.4. The van der Waals surface area contributed by atoms with Crippen molar-refractivity contribution >= 4 is 17.5 Å². The van der Waals surface area contributed by atoms with E-state index in [9.17, 15) is 9.59 Å². The molecule has 5 heteroatoms. The molecule has 0 fully saturated rings. The van der Waals surface area contributed by atoms with Gasteiger partial charge in [0.05, 0.1) is 30.2 Å². The molecule has 4 aromatic carbocycles. The predicted octanol–water partition coefficient (Wildman–Crippen LogP) is 7.51. The number of carbonyl (C=O) groups excluding carboxylic acids is 2. The van der Waals surface area contributed by atoms with Crippen LogP contribution in [0.25, 0.3) is 5.57 Å². The van der Waals surface area contributed by atoms with E-state index in [-0.39, 0.29) is 24.5 Å². The first-order valence-corrected chi connectivity index (χ1v) is 14.9. The zero-order valence-corrected chi connectivity index (χ0v) is 24.9. The molecule has 0 aliphatic carbocycles. The topological polar surface area (TPSA) is 55.8 Å². The van der Waals surface area contributed by atoms with E-state index >= 15 is 0 Å². The van der Waals surface area contributed by atoms with Gasteiger partial charge in [-0.2, -0.15) is 0 Å². The first-order valence-electron chi connectivity index (χ1n) is 14.9. The Kier molecular flexibility index (Phi) is 9.21. The summed E-state index contributed by atoms with van der Waals surface area (Å²) in [5.41, 5.74) is 4.00. The first-order chi connectivity index (χ1) is 21.1. The van der Waals surface area contributed by atoms with Gasteiger partial charge in [0.25, 0.3) is 0 Å². The monoisotopic (exact) mass is 571 g/mol. The fraction of sp³-hybridized carbons (Fsp3) is 0.211.